The lowest BCUT2D eigenvalue weighted by Gasteiger charge is -2.22. The lowest BCUT2D eigenvalue weighted by Crippen LogP contribution is -2.28. The number of nitrogens with zero attached hydrogens (tertiary/aromatic N) is 4. The van der Waals surface area contributed by atoms with Crippen LogP contribution in [0.4, 0.5) is 5.82 Å². The summed E-state index contributed by atoms with van der Waals surface area (Å²) < 4.78 is 0. The largest absolute Gasteiger partial charge is 0.369 e. The molecule has 0 aliphatic rings. The molecule has 0 spiro atoms. The van der Waals surface area contributed by atoms with Crippen LogP contribution in [0.1, 0.15) is 32.9 Å². The zero-order valence-electron chi connectivity index (χ0n) is 12.1. The average Bonchev–Trinajstić information content (AvgIpc) is 2.38. The van der Waals surface area contributed by atoms with Crippen molar-refractivity contribution in [2.75, 3.05) is 25.0 Å². The topological polar surface area (TPSA) is 64.8 Å². The predicted octanol–water partition coefficient (Wildman–Crippen LogP) is 2.28. The third-order valence-electron chi connectivity index (χ3n) is 2.61. The number of nitrogens with one attached hydrogen (secondary N) is 1. The van der Waals surface area contributed by atoms with Crippen molar-refractivity contribution in [2.45, 2.75) is 33.7 Å². The molecule has 0 aliphatic carbocycles. The number of rotatable bonds is 8. The van der Waals surface area contributed by atoms with E-state index < -0.39 is 0 Å². The summed E-state index contributed by atoms with van der Waals surface area (Å²) in [6.45, 7) is 9.74. The van der Waals surface area contributed by atoms with Crippen LogP contribution >= 0.6 is 0 Å². The minimum Gasteiger partial charge on any atom is -0.369 e. The smallest absolute Gasteiger partial charge is 0.144 e. The van der Waals surface area contributed by atoms with Crippen molar-refractivity contribution >= 4 is 5.82 Å². The van der Waals surface area contributed by atoms with E-state index in [0.29, 0.717) is 12.3 Å². The second-order valence-electron chi connectivity index (χ2n) is 4.96. The molecule has 0 saturated carbocycles. The van der Waals surface area contributed by atoms with E-state index in [1.54, 1.807) is 12.4 Å². The second-order valence-corrected chi connectivity index (χ2v) is 4.96. The van der Waals surface area contributed by atoms with Gasteiger partial charge in [-0.25, -0.2) is 4.98 Å². The Labute approximate surface area is 115 Å². The molecule has 0 aromatic carbocycles. The van der Waals surface area contributed by atoms with E-state index in [0.717, 1.165) is 37.7 Å². The highest BCUT2D eigenvalue weighted by molar-refractivity contribution is 5.30. The van der Waals surface area contributed by atoms with Crippen LogP contribution < -0.4 is 5.32 Å². The first-order valence-electron chi connectivity index (χ1n) is 6.79. The fraction of sp³-hybridized carbons (Fsp3) is 0.643. The van der Waals surface area contributed by atoms with Gasteiger partial charge < -0.3 is 5.32 Å². The molecular weight excluding hydrogens is 238 g/mol. The molecule has 104 valence electrons. The Morgan fingerprint density at radius 3 is 2.68 bits per heavy atom. The standard InChI is InChI=1S/C14H23N5/c1-4-16-14-9-17-13(8-18-14)11-19(7-5-6-15)10-12(2)3/h8-9,12H,4-5,7,10-11H2,1-3H3,(H,16,18). The quantitative estimate of drug-likeness (QED) is 0.777. The fourth-order valence-corrected chi connectivity index (χ4v) is 1.90. The zero-order chi connectivity index (χ0) is 14.1. The fourth-order valence-electron chi connectivity index (χ4n) is 1.90. The molecule has 0 atom stereocenters. The van der Waals surface area contributed by atoms with Gasteiger partial charge >= 0.3 is 0 Å². The van der Waals surface area contributed by atoms with Gasteiger partial charge in [-0.3, -0.25) is 9.88 Å². The highest BCUT2D eigenvalue weighted by atomic mass is 15.1. The van der Waals surface area contributed by atoms with Crippen molar-refractivity contribution in [3.63, 3.8) is 0 Å². The Hall–Kier alpha value is -1.67. The molecular formula is C14H23N5. The summed E-state index contributed by atoms with van der Waals surface area (Å²) in [7, 11) is 0. The molecule has 5 nitrogen and oxygen atoms in total. The first kappa shape index (κ1) is 15.4. The lowest BCUT2D eigenvalue weighted by molar-refractivity contribution is 0.238. The molecule has 1 aromatic rings. The Morgan fingerprint density at radius 2 is 2.16 bits per heavy atom. The average molecular weight is 261 g/mol. The van der Waals surface area contributed by atoms with Crippen molar-refractivity contribution in [3.8, 4) is 6.07 Å². The van der Waals surface area contributed by atoms with Crippen molar-refractivity contribution in [1.29, 1.82) is 5.26 Å². The number of nitriles is 1. The van der Waals surface area contributed by atoms with Gasteiger partial charge in [-0.1, -0.05) is 13.8 Å². The second kappa shape index (κ2) is 8.44. The maximum Gasteiger partial charge on any atom is 0.144 e. The summed E-state index contributed by atoms with van der Waals surface area (Å²) in [5, 5.41) is 11.8. The van der Waals surface area contributed by atoms with Crippen molar-refractivity contribution in [1.82, 2.24) is 14.9 Å². The van der Waals surface area contributed by atoms with Gasteiger partial charge in [-0.2, -0.15) is 5.26 Å². The highest BCUT2D eigenvalue weighted by Crippen LogP contribution is 2.07. The van der Waals surface area contributed by atoms with E-state index in [1.165, 1.54) is 0 Å². The first-order valence-corrected chi connectivity index (χ1v) is 6.79. The number of hydrogen-bond acceptors (Lipinski definition) is 5. The number of hydrogen-bond donors (Lipinski definition) is 1. The molecule has 1 aromatic heterocycles. The van der Waals surface area contributed by atoms with Gasteiger partial charge in [-0.05, 0) is 12.8 Å². The molecule has 19 heavy (non-hydrogen) atoms. The van der Waals surface area contributed by atoms with Crippen LogP contribution in [0.25, 0.3) is 0 Å². The van der Waals surface area contributed by atoms with Crippen LogP contribution in [0.3, 0.4) is 0 Å². The van der Waals surface area contributed by atoms with Crippen LogP contribution in [0, 0.1) is 17.2 Å². The van der Waals surface area contributed by atoms with E-state index in [-0.39, 0.29) is 0 Å². The number of anilines is 1. The minimum atomic E-state index is 0.551. The van der Waals surface area contributed by atoms with Crippen molar-refractivity contribution in [2.24, 2.45) is 5.92 Å². The maximum absolute atomic E-state index is 8.70. The van der Waals surface area contributed by atoms with Gasteiger partial charge in [0.15, 0.2) is 0 Å². The van der Waals surface area contributed by atoms with E-state index in [1.807, 2.05) is 6.92 Å². The van der Waals surface area contributed by atoms with E-state index >= 15 is 0 Å². The van der Waals surface area contributed by atoms with Gasteiger partial charge in [0.05, 0.1) is 24.2 Å². The molecule has 1 rings (SSSR count). The summed E-state index contributed by atoms with van der Waals surface area (Å²) in [6, 6.07) is 2.20. The molecule has 5 heteroatoms. The Kier molecular flexibility index (Phi) is 6.83. The van der Waals surface area contributed by atoms with E-state index in [9.17, 15) is 0 Å². The maximum atomic E-state index is 8.70. The first-order chi connectivity index (χ1) is 9.15. The Bertz CT molecular complexity index is 393. The van der Waals surface area contributed by atoms with Gasteiger partial charge in [0.1, 0.15) is 5.82 Å². The van der Waals surface area contributed by atoms with Gasteiger partial charge in [0, 0.05) is 32.6 Å². The van der Waals surface area contributed by atoms with Crippen LogP contribution in [-0.4, -0.2) is 34.5 Å². The highest BCUT2D eigenvalue weighted by Gasteiger charge is 2.09. The third kappa shape index (κ3) is 6.16. The minimum absolute atomic E-state index is 0.551. The summed E-state index contributed by atoms with van der Waals surface area (Å²) >= 11 is 0. The van der Waals surface area contributed by atoms with E-state index in [2.05, 4.69) is 40.1 Å². The van der Waals surface area contributed by atoms with Crippen LogP contribution in [0.5, 0.6) is 0 Å². The zero-order valence-corrected chi connectivity index (χ0v) is 12.1. The van der Waals surface area contributed by atoms with Crippen LogP contribution in [-0.2, 0) is 6.54 Å². The summed E-state index contributed by atoms with van der Waals surface area (Å²) in [5.41, 5.74) is 0.945. The predicted molar refractivity (Wildman–Crippen MR) is 76.5 cm³/mol. The summed E-state index contributed by atoms with van der Waals surface area (Å²) in [4.78, 5) is 11.0. The van der Waals surface area contributed by atoms with Crippen LogP contribution in [0.2, 0.25) is 0 Å². The van der Waals surface area contributed by atoms with Crippen molar-refractivity contribution in [3.05, 3.63) is 18.1 Å². The Balaban J connectivity index is 2.59. The number of aromatic nitrogens is 2. The Morgan fingerprint density at radius 1 is 1.37 bits per heavy atom. The molecule has 0 radical (unpaired) electrons. The normalized spacial score (nSPS) is 10.7. The van der Waals surface area contributed by atoms with Gasteiger partial charge in [0.25, 0.3) is 0 Å². The molecule has 0 fully saturated rings. The van der Waals surface area contributed by atoms with Gasteiger partial charge in [-0.15, -0.1) is 0 Å². The summed E-state index contributed by atoms with van der Waals surface area (Å²) in [5.74, 6) is 1.38. The van der Waals surface area contributed by atoms with Gasteiger partial charge in [0.2, 0.25) is 0 Å². The molecule has 1 heterocycles. The molecule has 0 bridgehead atoms. The third-order valence-corrected chi connectivity index (χ3v) is 2.61. The SMILES string of the molecule is CCNc1cnc(CN(CCC#N)CC(C)C)cn1. The molecule has 0 aliphatic heterocycles. The molecule has 0 amide bonds. The monoisotopic (exact) mass is 261 g/mol. The molecule has 0 unspecified atom stereocenters. The van der Waals surface area contributed by atoms with E-state index in [4.69, 9.17) is 5.26 Å². The van der Waals surface area contributed by atoms with Crippen molar-refractivity contribution < 1.29 is 0 Å². The lowest BCUT2D eigenvalue weighted by atomic mass is 10.2. The summed E-state index contributed by atoms with van der Waals surface area (Å²) in [6.07, 6.45) is 4.12. The molecule has 0 saturated heterocycles. The molecule has 1 N–H and O–H groups in total. The van der Waals surface area contributed by atoms with Crippen LogP contribution in [0.15, 0.2) is 12.4 Å².